The second-order valence-electron chi connectivity index (χ2n) is 4.66. The predicted molar refractivity (Wildman–Crippen MR) is 79.5 cm³/mol. The summed E-state index contributed by atoms with van der Waals surface area (Å²) in [6.45, 7) is 0. The van der Waals surface area contributed by atoms with Gasteiger partial charge >= 0.3 is 5.97 Å². The van der Waals surface area contributed by atoms with Crippen molar-refractivity contribution in [2.75, 3.05) is 7.11 Å². The molecule has 0 saturated heterocycles. The molecule has 0 unspecified atom stereocenters. The monoisotopic (exact) mass is 265 g/mol. The Morgan fingerprint density at radius 2 is 1.80 bits per heavy atom. The van der Waals surface area contributed by atoms with E-state index >= 15 is 0 Å². The van der Waals surface area contributed by atoms with Gasteiger partial charge in [-0.25, -0.2) is 0 Å². The van der Waals surface area contributed by atoms with Crippen LogP contribution in [0.3, 0.4) is 0 Å². The topological polar surface area (TPSA) is 42.1 Å². The lowest BCUT2D eigenvalue weighted by atomic mass is 9.97. The molecule has 100 valence electrons. The molecule has 0 amide bonds. The van der Waals surface area contributed by atoms with Gasteiger partial charge in [0, 0.05) is 22.7 Å². The van der Waals surface area contributed by atoms with E-state index in [0.717, 1.165) is 27.6 Å². The summed E-state index contributed by atoms with van der Waals surface area (Å²) in [5, 5.41) is 1.16. The molecule has 2 aromatic carbocycles. The lowest BCUT2D eigenvalue weighted by Crippen LogP contribution is -2.05. The number of fused-ring (bicyclic) bond motifs is 1. The summed E-state index contributed by atoms with van der Waals surface area (Å²) in [6.07, 6.45) is 2.27. The molecule has 20 heavy (non-hydrogen) atoms. The van der Waals surface area contributed by atoms with E-state index in [2.05, 4.69) is 11.1 Å². The van der Waals surface area contributed by atoms with Gasteiger partial charge in [0.1, 0.15) is 0 Å². The van der Waals surface area contributed by atoms with Crippen LogP contribution in [0.2, 0.25) is 0 Å². The number of aromatic amines is 1. The largest absolute Gasteiger partial charge is 0.469 e. The summed E-state index contributed by atoms with van der Waals surface area (Å²) in [7, 11) is 1.41. The molecule has 0 fully saturated rings. The van der Waals surface area contributed by atoms with E-state index in [9.17, 15) is 4.79 Å². The summed E-state index contributed by atoms with van der Waals surface area (Å²) < 4.78 is 4.77. The highest BCUT2D eigenvalue weighted by molar-refractivity contribution is 5.96. The van der Waals surface area contributed by atoms with Crippen LogP contribution in [0.15, 0.2) is 54.7 Å². The number of para-hydroxylation sites is 1. The standard InChI is InChI=1S/C17H15NO2/c1-20-17(19)10-12-6-2-3-7-13(12)15-11-18-16-9-5-4-8-14(15)16/h2-9,11,18H,10H2,1H3. The molecule has 1 N–H and O–H groups in total. The summed E-state index contributed by atoms with van der Waals surface area (Å²) in [5.74, 6) is -0.225. The Morgan fingerprint density at radius 1 is 1.05 bits per heavy atom. The van der Waals surface area contributed by atoms with E-state index < -0.39 is 0 Å². The first-order chi connectivity index (χ1) is 9.79. The molecule has 0 aliphatic carbocycles. The van der Waals surface area contributed by atoms with Crippen molar-refractivity contribution in [1.29, 1.82) is 0 Å². The molecule has 0 spiro atoms. The fourth-order valence-corrected chi connectivity index (χ4v) is 2.46. The Bertz CT molecular complexity index is 758. The van der Waals surface area contributed by atoms with Crippen molar-refractivity contribution >= 4 is 16.9 Å². The number of nitrogens with one attached hydrogen (secondary N) is 1. The van der Waals surface area contributed by atoms with Crippen LogP contribution in [0.1, 0.15) is 5.56 Å². The zero-order valence-corrected chi connectivity index (χ0v) is 11.2. The number of aromatic nitrogens is 1. The zero-order chi connectivity index (χ0) is 13.9. The Hall–Kier alpha value is -2.55. The van der Waals surface area contributed by atoms with Gasteiger partial charge < -0.3 is 9.72 Å². The Kier molecular flexibility index (Phi) is 3.25. The normalized spacial score (nSPS) is 10.7. The number of ether oxygens (including phenoxy) is 1. The molecule has 1 heterocycles. The van der Waals surface area contributed by atoms with Gasteiger partial charge in [0.25, 0.3) is 0 Å². The van der Waals surface area contributed by atoms with E-state index in [1.807, 2.05) is 48.7 Å². The second kappa shape index (κ2) is 5.21. The molecule has 0 aliphatic rings. The quantitative estimate of drug-likeness (QED) is 0.736. The van der Waals surface area contributed by atoms with Crippen molar-refractivity contribution < 1.29 is 9.53 Å². The van der Waals surface area contributed by atoms with Crippen LogP contribution >= 0.6 is 0 Å². The number of hydrogen-bond donors (Lipinski definition) is 1. The summed E-state index contributed by atoms with van der Waals surface area (Å²) in [4.78, 5) is 14.8. The minimum absolute atomic E-state index is 0.225. The molecule has 0 aliphatic heterocycles. The molecule has 0 bridgehead atoms. The lowest BCUT2D eigenvalue weighted by molar-refractivity contribution is -0.139. The smallest absolute Gasteiger partial charge is 0.309 e. The minimum Gasteiger partial charge on any atom is -0.469 e. The van der Waals surface area contributed by atoms with Gasteiger partial charge in [0.2, 0.25) is 0 Å². The van der Waals surface area contributed by atoms with E-state index in [-0.39, 0.29) is 12.4 Å². The number of esters is 1. The average Bonchev–Trinajstić information content (AvgIpc) is 2.91. The first-order valence-electron chi connectivity index (χ1n) is 6.51. The van der Waals surface area contributed by atoms with E-state index in [4.69, 9.17) is 4.74 Å². The molecular formula is C17H15NO2. The Morgan fingerprint density at radius 3 is 2.65 bits per heavy atom. The molecule has 1 aromatic heterocycles. The molecule has 3 heteroatoms. The minimum atomic E-state index is -0.225. The second-order valence-corrected chi connectivity index (χ2v) is 4.66. The molecule has 3 aromatic rings. The van der Waals surface area contributed by atoms with Crippen LogP contribution in [-0.2, 0) is 16.0 Å². The fraction of sp³-hybridized carbons (Fsp3) is 0.118. The molecule has 0 radical (unpaired) electrons. The highest BCUT2D eigenvalue weighted by Crippen LogP contribution is 2.31. The van der Waals surface area contributed by atoms with Crippen LogP contribution < -0.4 is 0 Å². The van der Waals surface area contributed by atoms with Crippen LogP contribution in [-0.4, -0.2) is 18.1 Å². The number of rotatable bonds is 3. The summed E-state index contributed by atoms with van der Waals surface area (Å²) in [5.41, 5.74) is 4.25. The molecule has 0 atom stereocenters. The molecule has 3 rings (SSSR count). The maximum absolute atomic E-state index is 11.5. The number of H-pyrrole nitrogens is 1. The van der Waals surface area contributed by atoms with Gasteiger partial charge in [0.15, 0.2) is 0 Å². The van der Waals surface area contributed by atoms with Gasteiger partial charge in [-0.2, -0.15) is 0 Å². The Labute approximate surface area is 117 Å². The van der Waals surface area contributed by atoms with Crippen molar-refractivity contribution in [3.63, 3.8) is 0 Å². The van der Waals surface area contributed by atoms with Crippen molar-refractivity contribution in [2.24, 2.45) is 0 Å². The average molecular weight is 265 g/mol. The lowest BCUT2D eigenvalue weighted by Gasteiger charge is -2.07. The van der Waals surface area contributed by atoms with E-state index in [1.165, 1.54) is 7.11 Å². The number of methoxy groups -OCH3 is 1. The van der Waals surface area contributed by atoms with Crippen molar-refractivity contribution in [1.82, 2.24) is 4.98 Å². The maximum atomic E-state index is 11.5. The third-order valence-electron chi connectivity index (χ3n) is 3.46. The van der Waals surface area contributed by atoms with Gasteiger partial charge in [-0.3, -0.25) is 4.79 Å². The highest BCUT2D eigenvalue weighted by atomic mass is 16.5. The SMILES string of the molecule is COC(=O)Cc1ccccc1-c1c[nH]c2ccccc12. The summed E-state index contributed by atoms with van der Waals surface area (Å²) >= 11 is 0. The van der Waals surface area contributed by atoms with E-state index in [0.29, 0.717) is 0 Å². The first kappa shape index (κ1) is 12.5. The van der Waals surface area contributed by atoms with E-state index in [1.54, 1.807) is 0 Å². The van der Waals surface area contributed by atoms with Crippen molar-refractivity contribution in [3.8, 4) is 11.1 Å². The molecule has 3 nitrogen and oxygen atoms in total. The predicted octanol–water partition coefficient (Wildman–Crippen LogP) is 3.55. The number of carbonyl (C=O) groups excluding carboxylic acids is 1. The van der Waals surface area contributed by atoms with Gasteiger partial charge in [0.05, 0.1) is 13.5 Å². The molecule has 0 saturated carbocycles. The number of carbonyl (C=O) groups is 1. The first-order valence-corrected chi connectivity index (χ1v) is 6.51. The number of benzene rings is 2. The van der Waals surface area contributed by atoms with Crippen molar-refractivity contribution in [2.45, 2.75) is 6.42 Å². The zero-order valence-electron chi connectivity index (χ0n) is 11.2. The summed E-state index contributed by atoms with van der Waals surface area (Å²) in [6, 6.07) is 16.1. The maximum Gasteiger partial charge on any atom is 0.309 e. The fourth-order valence-electron chi connectivity index (χ4n) is 2.46. The van der Waals surface area contributed by atoms with Gasteiger partial charge in [-0.15, -0.1) is 0 Å². The number of hydrogen-bond acceptors (Lipinski definition) is 2. The van der Waals surface area contributed by atoms with Crippen LogP contribution in [0.5, 0.6) is 0 Å². The van der Waals surface area contributed by atoms with Crippen LogP contribution in [0, 0.1) is 0 Å². The highest BCUT2D eigenvalue weighted by Gasteiger charge is 2.12. The Balaban J connectivity index is 2.12. The molecular weight excluding hydrogens is 250 g/mol. The van der Waals surface area contributed by atoms with Crippen LogP contribution in [0.4, 0.5) is 0 Å². The van der Waals surface area contributed by atoms with Gasteiger partial charge in [-0.05, 0) is 17.2 Å². The van der Waals surface area contributed by atoms with Gasteiger partial charge in [-0.1, -0.05) is 42.5 Å². The third kappa shape index (κ3) is 2.18. The van der Waals surface area contributed by atoms with Crippen molar-refractivity contribution in [3.05, 3.63) is 60.3 Å². The third-order valence-corrected chi connectivity index (χ3v) is 3.46. The van der Waals surface area contributed by atoms with Crippen LogP contribution in [0.25, 0.3) is 22.0 Å².